The lowest BCUT2D eigenvalue weighted by Crippen LogP contribution is -2.48. The fourth-order valence-corrected chi connectivity index (χ4v) is 5.44. The third-order valence-electron chi connectivity index (χ3n) is 7.42. The average Bonchev–Trinajstić information content (AvgIpc) is 3.42. The van der Waals surface area contributed by atoms with E-state index in [1.165, 1.54) is 0 Å². The third-order valence-corrected chi connectivity index (χ3v) is 7.42. The SMILES string of the molecule is CC(=O)N1CCN(c2ccc3c(=O)c(C(=O)NCC4CCCN4)cn4c3c2Oc2ccccc2-4)CC1. The zero-order valence-corrected chi connectivity index (χ0v) is 20.3. The molecule has 0 radical (unpaired) electrons. The second kappa shape index (κ2) is 8.98. The molecule has 36 heavy (non-hydrogen) atoms. The molecule has 3 aliphatic heterocycles. The molecule has 1 atom stereocenters. The fourth-order valence-electron chi connectivity index (χ4n) is 5.44. The molecule has 1 unspecified atom stereocenters. The van der Waals surface area contributed by atoms with E-state index in [0.29, 0.717) is 55.1 Å². The van der Waals surface area contributed by atoms with Crippen LogP contribution in [-0.2, 0) is 4.79 Å². The quantitative estimate of drug-likeness (QED) is 0.459. The van der Waals surface area contributed by atoms with Crippen molar-refractivity contribution in [3.63, 3.8) is 0 Å². The van der Waals surface area contributed by atoms with Crippen molar-refractivity contribution in [2.45, 2.75) is 25.8 Å². The number of fused-ring (bicyclic) bond motifs is 2. The van der Waals surface area contributed by atoms with Crippen LogP contribution in [0.1, 0.15) is 30.1 Å². The Morgan fingerprint density at radius 2 is 1.89 bits per heavy atom. The van der Waals surface area contributed by atoms with Crippen LogP contribution < -0.4 is 25.7 Å². The van der Waals surface area contributed by atoms with E-state index in [1.54, 1.807) is 19.2 Å². The van der Waals surface area contributed by atoms with E-state index in [1.807, 2.05) is 39.8 Å². The molecule has 2 amide bonds. The minimum atomic E-state index is -0.366. The van der Waals surface area contributed by atoms with Crippen LogP contribution >= 0.6 is 0 Å². The van der Waals surface area contributed by atoms with Crippen molar-refractivity contribution in [1.82, 2.24) is 20.1 Å². The second-order valence-electron chi connectivity index (χ2n) is 9.62. The van der Waals surface area contributed by atoms with E-state index in [2.05, 4.69) is 15.5 Å². The summed E-state index contributed by atoms with van der Waals surface area (Å²) in [5, 5.41) is 6.75. The largest absolute Gasteiger partial charge is 0.451 e. The van der Waals surface area contributed by atoms with Gasteiger partial charge in [0.2, 0.25) is 11.3 Å². The van der Waals surface area contributed by atoms with E-state index in [4.69, 9.17) is 4.74 Å². The molecule has 2 N–H and O–H groups in total. The van der Waals surface area contributed by atoms with Crippen LogP contribution in [0.15, 0.2) is 47.4 Å². The molecule has 2 aromatic carbocycles. The molecule has 0 saturated carbocycles. The molecule has 3 aromatic rings. The topological polar surface area (TPSA) is 95.9 Å². The van der Waals surface area contributed by atoms with Crippen LogP contribution in [0.25, 0.3) is 16.6 Å². The lowest BCUT2D eigenvalue weighted by Gasteiger charge is -2.37. The molecule has 3 aliphatic rings. The van der Waals surface area contributed by atoms with Crippen LogP contribution in [-0.4, -0.2) is 66.6 Å². The van der Waals surface area contributed by atoms with E-state index in [-0.39, 0.29) is 28.8 Å². The van der Waals surface area contributed by atoms with Gasteiger partial charge in [-0.05, 0) is 43.7 Å². The molecule has 1 aromatic heterocycles. The molecular weight excluding hydrogens is 458 g/mol. The van der Waals surface area contributed by atoms with Crippen LogP contribution in [0.2, 0.25) is 0 Å². The average molecular weight is 488 g/mol. The van der Waals surface area contributed by atoms with E-state index in [0.717, 1.165) is 30.8 Å². The molecule has 2 saturated heterocycles. The summed E-state index contributed by atoms with van der Waals surface area (Å²) >= 11 is 0. The molecule has 9 nitrogen and oxygen atoms in total. The van der Waals surface area contributed by atoms with Crippen molar-refractivity contribution >= 4 is 28.4 Å². The lowest BCUT2D eigenvalue weighted by atomic mass is 10.1. The molecule has 9 heteroatoms. The van der Waals surface area contributed by atoms with Gasteiger partial charge in [-0.25, -0.2) is 0 Å². The number of benzene rings is 2. The maximum absolute atomic E-state index is 13.5. The number of rotatable bonds is 4. The van der Waals surface area contributed by atoms with Gasteiger partial charge in [0.25, 0.3) is 5.91 Å². The van der Waals surface area contributed by atoms with E-state index >= 15 is 0 Å². The number of hydrogen-bond acceptors (Lipinski definition) is 6. The number of ether oxygens (including phenoxy) is 1. The van der Waals surface area contributed by atoms with Crippen molar-refractivity contribution in [2.75, 3.05) is 44.2 Å². The van der Waals surface area contributed by atoms with Gasteiger partial charge in [0, 0.05) is 51.9 Å². The maximum Gasteiger partial charge on any atom is 0.256 e. The van der Waals surface area contributed by atoms with Gasteiger partial charge in [-0.15, -0.1) is 0 Å². The first kappa shape index (κ1) is 22.6. The van der Waals surface area contributed by atoms with Crippen molar-refractivity contribution in [2.24, 2.45) is 0 Å². The molecular formula is C27H29N5O4. The summed E-state index contributed by atoms with van der Waals surface area (Å²) in [5.41, 5.74) is 2.11. The van der Waals surface area contributed by atoms with Gasteiger partial charge in [0.15, 0.2) is 11.5 Å². The lowest BCUT2D eigenvalue weighted by molar-refractivity contribution is -0.129. The highest BCUT2D eigenvalue weighted by Gasteiger charge is 2.29. The number of nitrogens with one attached hydrogen (secondary N) is 2. The molecule has 0 spiro atoms. The number of amides is 2. The number of anilines is 1. The Morgan fingerprint density at radius 1 is 1.08 bits per heavy atom. The first-order valence-electron chi connectivity index (χ1n) is 12.5. The summed E-state index contributed by atoms with van der Waals surface area (Å²) in [6, 6.07) is 11.5. The van der Waals surface area contributed by atoms with Gasteiger partial charge in [0.05, 0.1) is 16.8 Å². The maximum atomic E-state index is 13.5. The predicted octanol–water partition coefficient (Wildman–Crippen LogP) is 2.25. The Labute approximate surface area is 208 Å². The van der Waals surface area contributed by atoms with Crippen molar-refractivity contribution < 1.29 is 14.3 Å². The Kier molecular flexibility index (Phi) is 5.64. The van der Waals surface area contributed by atoms with Crippen LogP contribution in [0.5, 0.6) is 11.5 Å². The standard InChI is InChI=1S/C27H29N5O4/c1-17(33)30-11-13-31(14-12-30)22-9-8-19-24-26(22)36-23-7-3-2-6-21(23)32(24)16-20(25(19)34)27(35)29-15-18-5-4-10-28-18/h2-3,6-9,16,18,28H,4-5,10-15H2,1H3,(H,29,35). The number of para-hydroxylation sites is 2. The summed E-state index contributed by atoms with van der Waals surface area (Å²) in [7, 11) is 0. The Morgan fingerprint density at radius 3 is 2.64 bits per heavy atom. The van der Waals surface area contributed by atoms with Gasteiger partial charge in [-0.2, -0.15) is 0 Å². The molecule has 6 rings (SSSR count). The first-order chi connectivity index (χ1) is 17.5. The van der Waals surface area contributed by atoms with E-state index in [9.17, 15) is 14.4 Å². The number of pyridine rings is 1. The molecule has 2 fully saturated rings. The molecule has 0 bridgehead atoms. The fraction of sp³-hybridized carbons (Fsp3) is 0.370. The minimum absolute atomic E-state index is 0.0723. The number of aromatic nitrogens is 1. The van der Waals surface area contributed by atoms with Crippen molar-refractivity contribution in [3.8, 4) is 17.2 Å². The summed E-state index contributed by atoms with van der Waals surface area (Å²) in [6.07, 6.45) is 3.75. The Hall–Kier alpha value is -3.85. The summed E-state index contributed by atoms with van der Waals surface area (Å²) in [6.45, 7) is 5.63. The van der Waals surface area contributed by atoms with Gasteiger partial charge >= 0.3 is 0 Å². The van der Waals surface area contributed by atoms with Gasteiger partial charge < -0.3 is 29.7 Å². The van der Waals surface area contributed by atoms with Crippen LogP contribution in [0, 0.1) is 0 Å². The number of carbonyl (C=O) groups is 2. The Bertz CT molecular complexity index is 1420. The minimum Gasteiger partial charge on any atom is -0.451 e. The monoisotopic (exact) mass is 487 g/mol. The highest BCUT2D eigenvalue weighted by Crippen LogP contribution is 2.45. The number of hydrogen-bond donors (Lipinski definition) is 2. The van der Waals surface area contributed by atoms with Crippen molar-refractivity contribution in [1.29, 1.82) is 0 Å². The smallest absolute Gasteiger partial charge is 0.256 e. The zero-order valence-electron chi connectivity index (χ0n) is 20.3. The van der Waals surface area contributed by atoms with Gasteiger partial charge in [0.1, 0.15) is 11.1 Å². The first-order valence-corrected chi connectivity index (χ1v) is 12.5. The number of carbonyl (C=O) groups excluding carboxylic acids is 2. The predicted molar refractivity (Wildman–Crippen MR) is 137 cm³/mol. The zero-order chi connectivity index (χ0) is 24.8. The highest BCUT2D eigenvalue weighted by molar-refractivity contribution is 6.01. The van der Waals surface area contributed by atoms with Gasteiger partial charge in [-0.3, -0.25) is 14.4 Å². The summed E-state index contributed by atoms with van der Waals surface area (Å²) in [5.74, 6) is 0.963. The highest BCUT2D eigenvalue weighted by atomic mass is 16.5. The third kappa shape index (κ3) is 3.80. The number of nitrogens with zero attached hydrogens (tertiary/aromatic N) is 3. The van der Waals surface area contributed by atoms with Crippen LogP contribution in [0.4, 0.5) is 5.69 Å². The van der Waals surface area contributed by atoms with Gasteiger partial charge in [-0.1, -0.05) is 12.1 Å². The molecule has 0 aliphatic carbocycles. The molecule has 186 valence electrons. The van der Waals surface area contributed by atoms with E-state index < -0.39 is 0 Å². The Balaban J connectivity index is 1.43. The second-order valence-corrected chi connectivity index (χ2v) is 9.62. The summed E-state index contributed by atoms with van der Waals surface area (Å²) < 4.78 is 8.29. The van der Waals surface area contributed by atoms with Crippen LogP contribution in [0.3, 0.4) is 0 Å². The van der Waals surface area contributed by atoms with Crippen molar-refractivity contribution in [3.05, 3.63) is 58.4 Å². The summed E-state index contributed by atoms with van der Waals surface area (Å²) in [4.78, 5) is 42.5. The normalized spacial score (nSPS) is 18.6. The molecule has 4 heterocycles. The number of piperazine rings is 1.